The van der Waals surface area contributed by atoms with Gasteiger partial charge in [-0.15, -0.1) is 0 Å². The number of sulfonamides is 1. The Hall–Kier alpha value is -1.44. The fraction of sp³-hybridized carbons (Fsp3) is 0.682. The number of hydrogen-bond acceptors (Lipinski definition) is 4. The molecular weight excluding hydrogens is 388 g/mol. The van der Waals surface area contributed by atoms with Gasteiger partial charge in [0, 0.05) is 32.6 Å². The molecule has 0 unspecified atom stereocenters. The van der Waals surface area contributed by atoms with Crippen LogP contribution in [0.4, 0.5) is 0 Å². The molecule has 7 heteroatoms. The third kappa shape index (κ3) is 3.51. The average molecular weight is 419 g/mol. The van der Waals surface area contributed by atoms with Gasteiger partial charge in [0.15, 0.2) is 0 Å². The summed E-state index contributed by atoms with van der Waals surface area (Å²) in [6.07, 6.45) is 4.86. The van der Waals surface area contributed by atoms with Crippen molar-refractivity contribution in [2.45, 2.75) is 55.1 Å². The lowest BCUT2D eigenvalue weighted by atomic mass is 9.73. The molecule has 1 aromatic carbocycles. The van der Waals surface area contributed by atoms with Crippen LogP contribution < -0.4 is 0 Å². The molecule has 6 nitrogen and oxygen atoms in total. The van der Waals surface area contributed by atoms with Crippen molar-refractivity contribution in [1.82, 2.24) is 9.21 Å². The van der Waals surface area contributed by atoms with Crippen molar-refractivity contribution < 1.29 is 17.9 Å². The summed E-state index contributed by atoms with van der Waals surface area (Å²) in [4.78, 5) is 14.8. The number of rotatable bonds is 4. The van der Waals surface area contributed by atoms with E-state index in [2.05, 4.69) is 24.3 Å². The number of carbonyl (C=O) groups is 1. The molecule has 158 valence electrons. The largest absolute Gasteiger partial charge is 0.378 e. The quantitative estimate of drug-likeness (QED) is 0.752. The predicted octanol–water partition coefficient (Wildman–Crippen LogP) is 2.25. The van der Waals surface area contributed by atoms with Crippen LogP contribution in [-0.2, 0) is 25.0 Å². The average Bonchev–Trinajstić information content (AvgIpc) is 3.57. The first-order chi connectivity index (χ1) is 14.0. The van der Waals surface area contributed by atoms with Crippen LogP contribution in [0.2, 0.25) is 0 Å². The molecule has 2 heterocycles. The Morgan fingerprint density at radius 1 is 1.07 bits per heavy atom. The second-order valence-electron chi connectivity index (χ2n) is 9.11. The van der Waals surface area contributed by atoms with Gasteiger partial charge in [-0.1, -0.05) is 24.3 Å². The van der Waals surface area contributed by atoms with Crippen LogP contribution in [0.5, 0.6) is 0 Å². The summed E-state index contributed by atoms with van der Waals surface area (Å²) >= 11 is 0. The van der Waals surface area contributed by atoms with Gasteiger partial charge in [0.2, 0.25) is 15.9 Å². The second-order valence-corrected chi connectivity index (χ2v) is 11.3. The van der Waals surface area contributed by atoms with Crippen molar-refractivity contribution >= 4 is 15.9 Å². The van der Waals surface area contributed by atoms with E-state index in [0.717, 1.165) is 32.1 Å². The highest BCUT2D eigenvalue weighted by molar-refractivity contribution is 7.90. The molecule has 0 radical (unpaired) electrons. The van der Waals surface area contributed by atoms with Gasteiger partial charge in [0.1, 0.15) is 0 Å². The van der Waals surface area contributed by atoms with Crippen LogP contribution in [0.25, 0.3) is 0 Å². The van der Waals surface area contributed by atoms with Crippen molar-refractivity contribution in [3.8, 4) is 0 Å². The van der Waals surface area contributed by atoms with Crippen LogP contribution in [0, 0.1) is 0 Å². The highest BCUT2D eigenvalue weighted by Crippen LogP contribution is 2.53. The topological polar surface area (TPSA) is 66.9 Å². The summed E-state index contributed by atoms with van der Waals surface area (Å²) in [5.74, 6) is 0.451. The van der Waals surface area contributed by atoms with E-state index in [1.165, 1.54) is 11.1 Å². The Bertz CT molecular complexity index is 882. The molecule has 1 amide bonds. The minimum Gasteiger partial charge on any atom is -0.378 e. The minimum atomic E-state index is -3.10. The Labute approximate surface area is 173 Å². The van der Waals surface area contributed by atoms with Crippen LogP contribution in [0.3, 0.4) is 0 Å². The summed E-state index contributed by atoms with van der Waals surface area (Å²) < 4.78 is 32.4. The Kier molecular flexibility index (Phi) is 4.95. The maximum atomic E-state index is 12.9. The fourth-order valence-corrected chi connectivity index (χ4v) is 7.43. The number of hydrogen-bond donors (Lipinski definition) is 0. The highest BCUT2D eigenvalue weighted by Gasteiger charge is 2.49. The van der Waals surface area contributed by atoms with E-state index in [1.54, 1.807) is 4.31 Å². The van der Waals surface area contributed by atoms with Gasteiger partial charge in [-0.2, -0.15) is 0 Å². The number of benzene rings is 1. The van der Waals surface area contributed by atoms with E-state index in [0.29, 0.717) is 45.8 Å². The van der Waals surface area contributed by atoms with Crippen LogP contribution in [0.1, 0.15) is 55.6 Å². The zero-order valence-corrected chi connectivity index (χ0v) is 17.7. The lowest BCUT2D eigenvalue weighted by Crippen LogP contribution is -2.45. The van der Waals surface area contributed by atoms with Gasteiger partial charge in [0.05, 0.1) is 18.5 Å². The van der Waals surface area contributed by atoms with Crippen LogP contribution >= 0.6 is 0 Å². The monoisotopic (exact) mass is 418 g/mol. The van der Waals surface area contributed by atoms with Crippen LogP contribution in [-0.4, -0.2) is 68.2 Å². The van der Waals surface area contributed by atoms with Gasteiger partial charge >= 0.3 is 0 Å². The lowest BCUT2D eigenvalue weighted by molar-refractivity contribution is -0.135. The van der Waals surface area contributed by atoms with Crippen molar-refractivity contribution in [2.75, 3.05) is 39.4 Å². The SMILES string of the molecule is O=C(C[C@@H]1CC2(CCN(S(=O)(=O)C3CC3)CC2)c2ccccc21)N1CCOCC1. The number of carbonyl (C=O) groups excluding carboxylic acids is 1. The third-order valence-corrected chi connectivity index (χ3v) is 9.78. The summed E-state index contributed by atoms with van der Waals surface area (Å²) in [5.41, 5.74) is 2.66. The number of ether oxygens (including phenoxy) is 1. The summed E-state index contributed by atoms with van der Waals surface area (Å²) in [6, 6.07) is 8.53. The summed E-state index contributed by atoms with van der Waals surface area (Å²) in [7, 11) is -3.10. The molecule has 0 N–H and O–H groups in total. The molecule has 1 atom stereocenters. The van der Waals surface area contributed by atoms with E-state index in [-0.39, 0.29) is 22.5 Å². The normalized spacial score (nSPS) is 27.2. The molecule has 2 aliphatic carbocycles. The second kappa shape index (κ2) is 7.36. The zero-order chi connectivity index (χ0) is 20.1. The summed E-state index contributed by atoms with van der Waals surface area (Å²) in [6.45, 7) is 3.84. The van der Waals surface area contributed by atoms with Crippen molar-refractivity contribution in [2.24, 2.45) is 0 Å². The molecule has 1 spiro atoms. The molecule has 0 bridgehead atoms. The van der Waals surface area contributed by atoms with Crippen molar-refractivity contribution in [1.29, 1.82) is 0 Å². The van der Waals surface area contributed by atoms with E-state index >= 15 is 0 Å². The molecule has 3 fully saturated rings. The Balaban J connectivity index is 1.32. The van der Waals surface area contributed by atoms with Crippen molar-refractivity contribution in [3.05, 3.63) is 35.4 Å². The maximum absolute atomic E-state index is 12.9. The number of nitrogens with zero attached hydrogens (tertiary/aromatic N) is 2. The Morgan fingerprint density at radius 2 is 1.76 bits per heavy atom. The number of piperidine rings is 1. The lowest BCUT2D eigenvalue weighted by Gasteiger charge is -2.40. The standard InChI is InChI=1S/C22H30N2O4S/c25-21(23-11-13-28-14-12-23)15-17-16-22(20-4-2-1-3-19(17)20)7-9-24(10-8-22)29(26,27)18-5-6-18/h1-4,17-18H,5-16H2/t17-/m1/s1. The van der Waals surface area contributed by atoms with Crippen LogP contribution in [0.15, 0.2) is 24.3 Å². The molecular formula is C22H30N2O4S. The molecule has 5 rings (SSSR count). The smallest absolute Gasteiger partial charge is 0.223 e. The first-order valence-corrected chi connectivity index (χ1v) is 12.4. The van der Waals surface area contributed by atoms with Crippen molar-refractivity contribution in [3.63, 3.8) is 0 Å². The molecule has 2 saturated heterocycles. The van der Waals surface area contributed by atoms with E-state index in [1.807, 2.05) is 4.90 Å². The van der Waals surface area contributed by atoms with Gasteiger partial charge in [-0.05, 0) is 54.6 Å². The van der Waals surface area contributed by atoms with Gasteiger partial charge in [0.25, 0.3) is 0 Å². The zero-order valence-electron chi connectivity index (χ0n) is 16.9. The number of morpholine rings is 1. The molecule has 4 aliphatic rings. The van der Waals surface area contributed by atoms with Gasteiger partial charge in [-0.3, -0.25) is 4.79 Å². The predicted molar refractivity (Wildman–Crippen MR) is 110 cm³/mol. The Morgan fingerprint density at radius 3 is 2.45 bits per heavy atom. The van der Waals surface area contributed by atoms with Gasteiger partial charge in [-0.25, -0.2) is 12.7 Å². The summed E-state index contributed by atoms with van der Waals surface area (Å²) in [5, 5.41) is -0.133. The molecule has 2 aliphatic heterocycles. The van der Waals surface area contributed by atoms with E-state index in [4.69, 9.17) is 4.74 Å². The first-order valence-electron chi connectivity index (χ1n) is 10.9. The fourth-order valence-electron chi connectivity index (χ4n) is 5.58. The number of fused-ring (bicyclic) bond motifs is 2. The van der Waals surface area contributed by atoms with E-state index in [9.17, 15) is 13.2 Å². The minimum absolute atomic E-state index is 0.0160. The molecule has 29 heavy (non-hydrogen) atoms. The highest BCUT2D eigenvalue weighted by atomic mass is 32.2. The maximum Gasteiger partial charge on any atom is 0.223 e. The van der Waals surface area contributed by atoms with Gasteiger partial charge < -0.3 is 9.64 Å². The molecule has 1 aromatic rings. The molecule has 1 saturated carbocycles. The number of amides is 1. The molecule has 0 aromatic heterocycles. The van der Waals surface area contributed by atoms with E-state index < -0.39 is 10.0 Å². The first kappa shape index (κ1) is 19.5. The third-order valence-electron chi connectivity index (χ3n) is 7.38.